The third-order valence-corrected chi connectivity index (χ3v) is 16.6. The molecular formula is C51H61F3N8O5S2Si. The number of ether oxygens (including phenoxy) is 3. The summed E-state index contributed by atoms with van der Waals surface area (Å²) in [4.78, 5) is 47.8. The minimum absolute atomic E-state index is 0.0303. The molecule has 9 rings (SSSR count). The minimum atomic E-state index is -2.91. The molecule has 19 heteroatoms. The Bertz CT molecular complexity index is 2960. The zero-order valence-corrected chi connectivity index (χ0v) is 44.0. The lowest BCUT2D eigenvalue weighted by atomic mass is 9.91. The van der Waals surface area contributed by atoms with E-state index in [0.29, 0.717) is 51.0 Å². The number of nitrogens with one attached hydrogen (secondary N) is 1. The number of fused-ring (bicyclic) bond motifs is 6. The summed E-state index contributed by atoms with van der Waals surface area (Å²) in [7, 11) is -1.42. The molecule has 372 valence electrons. The number of anilines is 2. The van der Waals surface area contributed by atoms with Crippen LogP contribution in [0.3, 0.4) is 0 Å². The van der Waals surface area contributed by atoms with Crippen LogP contribution >= 0.6 is 22.7 Å². The van der Waals surface area contributed by atoms with E-state index in [1.165, 1.54) is 17.4 Å². The normalized spacial score (nSPS) is 21.7. The van der Waals surface area contributed by atoms with E-state index in [1.54, 1.807) is 33.0 Å². The molecule has 4 aliphatic rings. The number of benzene rings is 1. The number of nitriles is 1. The molecule has 1 aromatic carbocycles. The Labute approximate surface area is 416 Å². The molecule has 7 heterocycles. The summed E-state index contributed by atoms with van der Waals surface area (Å²) in [5, 5.41) is 15.0. The van der Waals surface area contributed by atoms with Crippen LogP contribution in [-0.2, 0) is 9.47 Å². The van der Waals surface area contributed by atoms with Crippen molar-refractivity contribution in [2.45, 2.75) is 135 Å². The average Bonchev–Trinajstić information content (AvgIpc) is 3.58. The summed E-state index contributed by atoms with van der Waals surface area (Å²) in [6.45, 7) is 19.7. The molecule has 4 aromatic heterocycles. The molecule has 4 fully saturated rings. The van der Waals surface area contributed by atoms with Gasteiger partial charge in [0.15, 0.2) is 0 Å². The number of rotatable bonds is 10. The van der Waals surface area contributed by atoms with Gasteiger partial charge in [0.2, 0.25) is 0 Å². The van der Waals surface area contributed by atoms with Crippen molar-refractivity contribution in [3.63, 3.8) is 0 Å². The van der Waals surface area contributed by atoms with Crippen LogP contribution in [0.4, 0.5) is 33.6 Å². The van der Waals surface area contributed by atoms with Crippen LogP contribution in [0.1, 0.15) is 92.1 Å². The van der Waals surface area contributed by atoms with Crippen molar-refractivity contribution in [2.24, 2.45) is 11.3 Å². The molecule has 13 nitrogen and oxygen atoms in total. The van der Waals surface area contributed by atoms with Crippen LogP contribution in [0, 0.1) is 39.9 Å². The summed E-state index contributed by atoms with van der Waals surface area (Å²) < 4.78 is 65.3. The summed E-state index contributed by atoms with van der Waals surface area (Å²) in [5.74, 6) is 0.967. The van der Waals surface area contributed by atoms with Crippen LogP contribution in [0.15, 0.2) is 24.4 Å². The molecule has 5 aromatic rings. The topological polar surface area (TPSA) is 146 Å². The molecule has 3 saturated heterocycles. The van der Waals surface area contributed by atoms with Crippen molar-refractivity contribution in [1.29, 1.82) is 5.26 Å². The first-order valence-corrected chi connectivity index (χ1v) is 29.3. The predicted octanol–water partition coefficient (Wildman–Crippen LogP) is 11.8. The van der Waals surface area contributed by atoms with Crippen LogP contribution in [-0.4, -0.2) is 114 Å². The van der Waals surface area contributed by atoms with Gasteiger partial charge in [0.1, 0.15) is 53.4 Å². The zero-order chi connectivity index (χ0) is 50.1. The number of hydrogen-bond donors (Lipinski definition) is 1. The predicted molar refractivity (Wildman–Crippen MR) is 272 cm³/mol. The number of piperidine rings is 1. The van der Waals surface area contributed by atoms with Gasteiger partial charge < -0.3 is 24.0 Å². The van der Waals surface area contributed by atoms with Crippen molar-refractivity contribution in [3.05, 3.63) is 35.8 Å². The van der Waals surface area contributed by atoms with E-state index >= 15 is 13.2 Å². The van der Waals surface area contributed by atoms with Gasteiger partial charge in [-0.05, 0) is 111 Å². The maximum atomic E-state index is 15.7. The van der Waals surface area contributed by atoms with E-state index in [0.717, 1.165) is 68.3 Å². The quantitative estimate of drug-likeness (QED) is 0.105. The fraction of sp³-hybridized carbons (Fsp3) is 0.569. The van der Waals surface area contributed by atoms with Gasteiger partial charge in [-0.15, -0.1) is 34.1 Å². The Morgan fingerprint density at radius 1 is 0.943 bits per heavy atom. The number of nitrogens with zero attached hydrogens (tertiary/aromatic N) is 7. The third kappa shape index (κ3) is 10.3. The van der Waals surface area contributed by atoms with Crippen molar-refractivity contribution < 1.29 is 37.0 Å². The van der Waals surface area contributed by atoms with Gasteiger partial charge in [-0.3, -0.25) is 15.2 Å². The number of amides is 2. The van der Waals surface area contributed by atoms with E-state index in [9.17, 15) is 14.9 Å². The first kappa shape index (κ1) is 49.8. The van der Waals surface area contributed by atoms with Crippen molar-refractivity contribution in [2.75, 3.05) is 49.5 Å². The van der Waals surface area contributed by atoms with Crippen LogP contribution in [0.5, 0.6) is 6.01 Å². The lowest BCUT2D eigenvalue weighted by Gasteiger charge is -2.42. The standard InChI is InChI=1S/C51H61F3N8O5S2Si/c1-48(2,3)66-46(63)59-43-35(24-55)37-33(15-16-36(52)41(37)69-43)39-40-34(17-20-56-39)38-42(61-25-31-13-14-32(26-61)62(31)47(64)67-49(4,5)6)57-45(58-44(38)68-40)65-29-50(27-51(50,53)54)28-60-21-18-30(19-22-60)12-10-11-23-70(7,8)9/h15-17,20,30-32H,10,12-14,18-19,21-22,25-29H2,1-9H3,(H,59,63)/t31?,32?,50-/m1/s1. The highest BCUT2D eigenvalue weighted by molar-refractivity contribution is 7.26. The van der Waals surface area contributed by atoms with E-state index < -0.39 is 42.5 Å². The van der Waals surface area contributed by atoms with Gasteiger partial charge >= 0.3 is 18.2 Å². The monoisotopic (exact) mass is 1010 g/mol. The first-order valence-electron chi connectivity index (χ1n) is 24.2. The summed E-state index contributed by atoms with van der Waals surface area (Å²) in [6, 6.07) is 6.56. The molecule has 2 unspecified atom stereocenters. The van der Waals surface area contributed by atoms with Gasteiger partial charge in [0.25, 0.3) is 5.92 Å². The van der Waals surface area contributed by atoms with Crippen LogP contribution in [0.2, 0.25) is 19.6 Å². The smallest absolute Gasteiger partial charge is 0.412 e. The van der Waals surface area contributed by atoms with Crippen LogP contribution in [0.25, 0.3) is 41.6 Å². The first-order chi connectivity index (χ1) is 32.9. The molecule has 70 heavy (non-hydrogen) atoms. The lowest BCUT2D eigenvalue weighted by Crippen LogP contribution is -2.57. The van der Waals surface area contributed by atoms with Gasteiger partial charge in [0.05, 0.1) is 43.5 Å². The summed E-state index contributed by atoms with van der Waals surface area (Å²) in [5.41, 5.74) is 1.56. The number of aromatic nitrogens is 3. The second kappa shape index (κ2) is 18.4. The Balaban J connectivity index is 1.06. The molecule has 3 atom stereocenters. The number of alkyl halides is 2. The fourth-order valence-corrected chi connectivity index (χ4v) is 13.0. The van der Waals surface area contributed by atoms with Crippen molar-refractivity contribution in [3.8, 4) is 34.8 Å². The van der Waals surface area contributed by atoms with E-state index in [1.807, 2.05) is 31.7 Å². The number of pyridine rings is 1. The number of carbonyl (C=O) groups excluding carboxylic acids is 2. The number of carbonyl (C=O) groups is 2. The molecule has 1 saturated carbocycles. The number of hydrogen-bond acceptors (Lipinski definition) is 13. The maximum Gasteiger partial charge on any atom is 0.412 e. The second-order valence-electron chi connectivity index (χ2n) is 22.4. The SMILES string of the molecule is CC(C)(C)OC(=O)Nc1sc2c(F)ccc(-c3nccc4c3sc3nc(OC[C@]5(CN6CCC(CCC#C[Si](C)(C)C)CC6)CC5(F)F)nc(N5CC6CCC(C5)N6C(=O)OC(C)(C)C)c34)c2c1C#N. The Kier molecular flexibility index (Phi) is 13.1. The summed E-state index contributed by atoms with van der Waals surface area (Å²) >= 11 is 2.24. The maximum absolute atomic E-state index is 15.7. The Morgan fingerprint density at radius 2 is 1.63 bits per heavy atom. The minimum Gasteiger partial charge on any atom is -0.462 e. The Morgan fingerprint density at radius 3 is 2.26 bits per heavy atom. The molecule has 2 amide bonds. The molecule has 1 N–H and O–H groups in total. The highest BCUT2D eigenvalue weighted by atomic mass is 32.1. The van der Waals surface area contributed by atoms with Gasteiger partial charge in [-0.2, -0.15) is 15.2 Å². The number of halogens is 3. The number of thiophene rings is 2. The van der Waals surface area contributed by atoms with E-state index in [-0.39, 0.29) is 64.4 Å². The van der Waals surface area contributed by atoms with E-state index in [2.05, 4.69) is 52.3 Å². The van der Waals surface area contributed by atoms with Gasteiger partial charge in [-0.25, -0.2) is 22.8 Å². The average molecular weight is 1020 g/mol. The largest absolute Gasteiger partial charge is 0.462 e. The third-order valence-electron chi connectivity index (χ3n) is 13.4. The van der Waals surface area contributed by atoms with Crippen molar-refractivity contribution >= 4 is 84.1 Å². The number of likely N-dealkylation sites (tertiary alicyclic amines) is 1. The second-order valence-corrected chi connectivity index (χ2v) is 29.2. The summed E-state index contributed by atoms with van der Waals surface area (Å²) in [6.07, 6.45) is 5.55. The molecule has 0 radical (unpaired) electrons. The fourth-order valence-electron chi connectivity index (χ4n) is 10.1. The van der Waals surface area contributed by atoms with Crippen molar-refractivity contribution in [1.82, 2.24) is 24.8 Å². The van der Waals surface area contributed by atoms with Crippen LogP contribution < -0.4 is 15.0 Å². The molecular weight excluding hydrogens is 954 g/mol. The van der Waals surface area contributed by atoms with Gasteiger partial charge in [0, 0.05) is 55.0 Å². The Hall–Kier alpha value is -5.21. The highest BCUT2D eigenvalue weighted by Crippen LogP contribution is 2.61. The molecule has 3 aliphatic heterocycles. The van der Waals surface area contributed by atoms with E-state index in [4.69, 9.17) is 29.2 Å². The molecule has 0 spiro atoms. The highest BCUT2D eigenvalue weighted by Gasteiger charge is 2.72. The lowest BCUT2D eigenvalue weighted by molar-refractivity contribution is 0.0119. The zero-order valence-electron chi connectivity index (χ0n) is 41.4. The van der Waals surface area contributed by atoms with Gasteiger partial charge in [-0.1, -0.05) is 19.6 Å². The number of piperazine rings is 1. The molecule has 2 bridgehead atoms. The molecule has 1 aliphatic carbocycles.